The Kier molecular flexibility index (Phi) is 4.46. The molecular formula is C12H14N2O5S. The van der Waals surface area contributed by atoms with Gasteiger partial charge in [0.1, 0.15) is 5.69 Å². The number of nitrogens with zero attached hydrogens (tertiary/aromatic N) is 2. The van der Waals surface area contributed by atoms with Gasteiger partial charge in [0.15, 0.2) is 0 Å². The van der Waals surface area contributed by atoms with Crippen LogP contribution in [0.15, 0.2) is 17.0 Å². The van der Waals surface area contributed by atoms with Crippen LogP contribution in [0.2, 0.25) is 0 Å². The first-order valence-electron chi connectivity index (χ1n) is 5.97. The first kappa shape index (κ1) is 14.6. The summed E-state index contributed by atoms with van der Waals surface area (Å²) in [6.45, 7) is 2.13. The number of hydrogen-bond acceptors (Lipinski definition) is 6. The molecule has 0 saturated carbocycles. The maximum atomic E-state index is 11.2. The fraction of sp³-hybridized carbons (Fsp3) is 0.417. The van der Waals surface area contributed by atoms with E-state index >= 15 is 0 Å². The summed E-state index contributed by atoms with van der Waals surface area (Å²) >= 11 is 1.26. The number of hydrogen-bond donors (Lipinski definition) is 1. The normalized spacial score (nSPS) is 15.2. The second-order valence-electron chi connectivity index (χ2n) is 4.20. The van der Waals surface area contributed by atoms with Gasteiger partial charge in [-0.3, -0.25) is 10.1 Å². The summed E-state index contributed by atoms with van der Waals surface area (Å²) in [5, 5.41) is 20.3. The summed E-state index contributed by atoms with van der Waals surface area (Å²) in [4.78, 5) is 24.2. The van der Waals surface area contributed by atoms with Crippen molar-refractivity contribution in [2.75, 3.05) is 37.5 Å². The Morgan fingerprint density at radius 2 is 2.10 bits per heavy atom. The van der Waals surface area contributed by atoms with Crippen LogP contribution >= 0.6 is 11.8 Å². The van der Waals surface area contributed by atoms with Gasteiger partial charge in [0, 0.05) is 24.1 Å². The van der Waals surface area contributed by atoms with E-state index in [-0.39, 0.29) is 11.3 Å². The predicted molar refractivity (Wildman–Crippen MR) is 74.9 cm³/mol. The van der Waals surface area contributed by atoms with E-state index in [4.69, 9.17) is 9.84 Å². The zero-order valence-corrected chi connectivity index (χ0v) is 11.7. The fourth-order valence-corrected chi connectivity index (χ4v) is 2.69. The molecule has 2 rings (SSSR count). The molecule has 1 heterocycles. The van der Waals surface area contributed by atoms with Crippen LogP contribution < -0.4 is 4.90 Å². The van der Waals surface area contributed by atoms with Crippen molar-refractivity contribution >= 4 is 29.1 Å². The van der Waals surface area contributed by atoms with E-state index in [9.17, 15) is 14.9 Å². The molecule has 8 heteroatoms. The van der Waals surface area contributed by atoms with Crippen LogP contribution in [0.1, 0.15) is 10.4 Å². The Labute approximate surface area is 119 Å². The summed E-state index contributed by atoms with van der Waals surface area (Å²) in [7, 11) is 0. The molecule has 1 aliphatic rings. The number of morpholine rings is 1. The standard InChI is InChI=1S/C12H14N2O5S/c1-20-11-7-9(13-2-4-19-5-3-13)10(14(17)18)6-8(11)12(15)16/h6-7H,2-5H2,1H3,(H,15,16). The van der Waals surface area contributed by atoms with Crippen molar-refractivity contribution < 1.29 is 19.6 Å². The molecule has 1 aromatic rings. The fourth-order valence-electron chi connectivity index (χ4n) is 2.10. The summed E-state index contributed by atoms with van der Waals surface area (Å²) in [5.74, 6) is -1.16. The number of nitro benzene ring substituents is 1. The lowest BCUT2D eigenvalue weighted by Crippen LogP contribution is -2.36. The van der Waals surface area contributed by atoms with Gasteiger partial charge >= 0.3 is 5.97 Å². The zero-order chi connectivity index (χ0) is 14.7. The maximum Gasteiger partial charge on any atom is 0.337 e. The molecule has 1 fully saturated rings. The minimum Gasteiger partial charge on any atom is -0.478 e. The number of carboxylic acid groups (broad SMARTS) is 1. The Morgan fingerprint density at radius 1 is 1.45 bits per heavy atom. The van der Waals surface area contributed by atoms with Crippen LogP contribution in [0.5, 0.6) is 0 Å². The summed E-state index contributed by atoms with van der Waals surface area (Å²) in [6, 6.07) is 2.72. The molecule has 108 valence electrons. The number of benzene rings is 1. The van der Waals surface area contributed by atoms with Gasteiger partial charge in [-0.05, 0) is 12.3 Å². The maximum absolute atomic E-state index is 11.2. The van der Waals surface area contributed by atoms with E-state index in [1.165, 1.54) is 11.8 Å². The molecule has 1 aliphatic heterocycles. The number of ether oxygens (including phenoxy) is 1. The highest BCUT2D eigenvalue weighted by Gasteiger charge is 2.25. The molecule has 0 radical (unpaired) electrons. The molecule has 0 unspecified atom stereocenters. The summed E-state index contributed by atoms with van der Waals surface area (Å²) in [6.07, 6.45) is 1.75. The van der Waals surface area contributed by atoms with Gasteiger partial charge in [0.05, 0.1) is 23.7 Å². The van der Waals surface area contributed by atoms with Crippen molar-refractivity contribution in [3.63, 3.8) is 0 Å². The van der Waals surface area contributed by atoms with E-state index in [0.717, 1.165) is 6.07 Å². The highest BCUT2D eigenvalue weighted by molar-refractivity contribution is 7.98. The molecule has 1 saturated heterocycles. The highest BCUT2D eigenvalue weighted by Crippen LogP contribution is 2.35. The van der Waals surface area contributed by atoms with Gasteiger partial charge in [0.25, 0.3) is 5.69 Å². The molecule has 0 aromatic heterocycles. The SMILES string of the molecule is CSc1cc(N2CCOCC2)c([N+](=O)[O-])cc1C(=O)O. The van der Waals surface area contributed by atoms with E-state index in [2.05, 4.69) is 0 Å². The van der Waals surface area contributed by atoms with Crippen LogP contribution in [0.4, 0.5) is 11.4 Å². The van der Waals surface area contributed by atoms with Crippen molar-refractivity contribution in [1.29, 1.82) is 0 Å². The van der Waals surface area contributed by atoms with Gasteiger partial charge in [-0.15, -0.1) is 11.8 Å². The molecule has 1 N–H and O–H groups in total. The van der Waals surface area contributed by atoms with E-state index in [0.29, 0.717) is 36.9 Å². The van der Waals surface area contributed by atoms with Gasteiger partial charge < -0.3 is 14.7 Å². The largest absolute Gasteiger partial charge is 0.478 e. The molecule has 20 heavy (non-hydrogen) atoms. The number of thioether (sulfide) groups is 1. The van der Waals surface area contributed by atoms with Gasteiger partial charge in [-0.2, -0.15) is 0 Å². The van der Waals surface area contributed by atoms with E-state index < -0.39 is 10.9 Å². The monoisotopic (exact) mass is 298 g/mol. The lowest BCUT2D eigenvalue weighted by atomic mass is 10.1. The van der Waals surface area contributed by atoms with Crippen LogP contribution in [0.25, 0.3) is 0 Å². The summed E-state index contributed by atoms with van der Waals surface area (Å²) in [5.41, 5.74) is 0.232. The lowest BCUT2D eigenvalue weighted by Gasteiger charge is -2.28. The molecule has 0 spiro atoms. The Balaban J connectivity index is 2.53. The van der Waals surface area contributed by atoms with Crippen molar-refractivity contribution in [3.05, 3.63) is 27.8 Å². The van der Waals surface area contributed by atoms with Crippen molar-refractivity contribution in [2.45, 2.75) is 4.90 Å². The lowest BCUT2D eigenvalue weighted by molar-refractivity contribution is -0.384. The number of anilines is 1. The molecule has 0 amide bonds. The van der Waals surface area contributed by atoms with Crippen molar-refractivity contribution in [3.8, 4) is 0 Å². The number of nitro groups is 1. The molecule has 1 aromatic carbocycles. The van der Waals surface area contributed by atoms with Gasteiger partial charge in [-0.1, -0.05) is 0 Å². The van der Waals surface area contributed by atoms with Gasteiger partial charge in [0.2, 0.25) is 0 Å². The molecule has 0 bridgehead atoms. The Hall–Kier alpha value is -1.80. The van der Waals surface area contributed by atoms with Crippen molar-refractivity contribution in [1.82, 2.24) is 0 Å². The zero-order valence-electron chi connectivity index (χ0n) is 10.9. The van der Waals surface area contributed by atoms with Crippen LogP contribution in [0, 0.1) is 10.1 Å². The first-order valence-corrected chi connectivity index (χ1v) is 7.19. The quantitative estimate of drug-likeness (QED) is 0.515. The molecular weight excluding hydrogens is 284 g/mol. The predicted octanol–water partition coefficient (Wildman–Crippen LogP) is 1.85. The van der Waals surface area contributed by atoms with Crippen LogP contribution in [0.3, 0.4) is 0 Å². The number of carboxylic acids is 1. The summed E-state index contributed by atoms with van der Waals surface area (Å²) < 4.78 is 5.23. The van der Waals surface area contributed by atoms with Gasteiger partial charge in [-0.25, -0.2) is 4.79 Å². The van der Waals surface area contributed by atoms with E-state index in [1.54, 1.807) is 12.3 Å². The molecule has 0 aliphatic carbocycles. The third-order valence-electron chi connectivity index (χ3n) is 3.08. The highest BCUT2D eigenvalue weighted by atomic mass is 32.2. The third-order valence-corrected chi connectivity index (χ3v) is 3.85. The van der Waals surface area contributed by atoms with Crippen LogP contribution in [-0.4, -0.2) is 48.6 Å². The number of rotatable bonds is 4. The smallest absolute Gasteiger partial charge is 0.337 e. The number of aromatic carboxylic acids is 1. The second-order valence-corrected chi connectivity index (χ2v) is 5.05. The molecule has 0 atom stereocenters. The third kappa shape index (κ3) is 2.86. The second kappa shape index (κ2) is 6.10. The topological polar surface area (TPSA) is 92.9 Å². The number of carbonyl (C=O) groups is 1. The first-order chi connectivity index (χ1) is 9.54. The molecule has 7 nitrogen and oxygen atoms in total. The van der Waals surface area contributed by atoms with Crippen LogP contribution in [-0.2, 0) is 4.74 Å². The average Bonchev–Trinajstić information content (AvgIpc) is 2.46. The Bertz CT molecular complexity index is 543. The average molecular weight is 298 g/mol. The Morgan fingerprint density at radius 3 is 2.60 bits per heavy atom. The minimum atomic E-state index is -1.16. The van der Waals surface area contributed by atoms with Crippen molar-refractivity contribution in [2.24, 2.45) is 0 Å². The van der Waals surface area contributed by atoms with E-state index in [1.807, 2.05) is 4.90 Å². The minimum absolute atomic E-state index is 0.0405.